The minimum absolute atomic E-state index is 0.0521. The molecular formula is C16H15IN2O3. The summed E-state index contributed by atoms with van der Waals surface area (Å²) in [4.78, 5) is 18.2. The molecular weight excluding hydrogens is 395 g/mol. The molecule has 0 saturated carbocycles. The number of anilines is 1. The van der Waals surface area contributed by atoms with Crippen LogP contribution in [0.1, 0.15) is 5.56 Å². The molecule has 1 aromatic carbocycles. The predicted molar refractivity (Wildman–Crippen MR) is 91.7 cm³/mol. The van der Waals surface area contributed by atoms with Crippen LogP contribution in [0.2, 0.25) is 0 Å². The first-order chi connectivity index (χ1) is 10.6. The van der Waals surface area contributed by atoms with Crippen LogP contribution >= 0.6 is 22.6 Å². The Labute approximate surface area is 142 Å². The molecule has 1 amide bonds. The van der Waals surface area contributed by atoms with Crippen LogP contribution < -0.4 is 14.4 Å². The maximum absolute atomic E-state index is 12.6. The van der Waals surface area contributed by atoms with Crippen LogP contribution in [0.4, 0.5) is 5.69 Å². The van der Waals surface area contributed by atoms with Crippen molar-refractivity contribution in [3.05, 3.63) is 48.3 Å². The van der Waals surface area contributed by atoms with Gasteiger partial charge < -0.3 is 14.4 Å². The molecule has 1 aliphatic heterocycles. The van der Waals surface area contributed by atoms with E-state index in [2.05, 4.69) is 27.6 Å². The Kier molecular flexibility index (Phi) is 4.47. The molecule has 2 aromatic rings. The molecule has 0 aliphatic carbocycles. The topological polar surface area (TPSA) is 51.7 Å². The number of amides is 1. The molecule has 6 heteroatoms. The van der Waals surface area contributed by atoms with Crippen LogP contribution in [0.25, 0.3) is 0 Å². The number of carbonyl (C=O) groups excluding carboxylic acids is 1. The number of alkyl halides is 1. The van der Waals surface area contributed by atoms with E-state index in [1.165, 1.54) is 0 Å². The fourth-order valence-corrected chi connectivity index (χ4v) is 3.17. The monoisotopic (exact) mass is 410 g/mol. The zero-order chi connectivity index (χ0) is 15.5. The van der Waals surface area contributed by atoms with Gasteiger partial charge in [0.2, 0.25) is 12.7 Å². The molecule has 0 fully saturated rings. The van der Waals surface area contributed by atoms with Crippen molar-refractivity contribution in [2.75, 3.05) is 18.7 Å². The van der Waals surface area contributed by atoms with Gasteiger partial charge in [0.1, 0.15) is 0 Å². The van der Waals surface area contributed by atoms with E-state index in [1.807, 2.05) is 30.3 Å². The molecule has 5 nitrogen and oxygen atoms in total. The van der Waals surface area contributed by atoms with Crippen LogP contribution in [0.15, 0.2) is 42.7 Å². The normalized spacial score (nSPS) is 13.7. The van der Waals surface area contributed by atoms with Gasteiger partial charge in [0, 0.05) is 31.2 Å². The molecule has 114 valence electrons. The highest BCUT2D eigenvalue weighted by Gasteiger charge is 2.22. The van der Waals surface area contributed by atoms with Crippen molar-refractivity contribution in [3.63, 3.8) is 0 Å². The third kappa shape index (κ3) is 3.16. The number of carbonyl (C=O) groups is 1. The summed E-state index contributed by atoms with van der Waals surface area (Å²) in [6.45, 7) is 0.230. The summed E-state index contributed by atoms with van der Waals surface area (Å²) in [6.07, 6.45) is 4.16. The van der Waals surface area contributed by atoms with Gasteiger partial charge in [-0.1, -0.05) is 22.6 Å². The lowest BCUT2D eigenvalue weighted by molar-refractivity contribution is -0.117. The third-order valence-electron chi connectivity index (χ3n) is 3.51. The highest BCUT2D eigenvalue weighted by atomic mass is 127. The van der Waals surface area contributed by atoms with E-state index in [0.29, 0.717) is 17.9 Å². The average molecular weight is 410 g/mol. The summed E-state index contributed by atoms with van der Waals surface area (Å²) in [5.41, 5.74) is 1.90. The number of hydrogen-bond donors (Lipinski definition) is 0. The second kappa shape index (κ2) is 6.51. The van der Waals surface area contributed by atoms with Crippen LogP contribution in [-0.2, 0) is 11.2 Å². The van der Waals surface area contributed by atoms with Gasteiger partial charge in [-0.05, 0) is 36.2 Å². The second-order valence-corrected chi connectivity index (χ2v) is 6.47. The first-order valence-corrected chi connectivity index (χ1v) is 8.10. The summed E-state index contributed by atoms with van der Waals surface area (Å²) in [5, 5.41) is 0. The van der Waals surface area contributed by atoms with E-state index in [9.17, 15) is 4.79 Å². The molecule has 1 atom stereocenters. The predicted octanol–water partition coefficient (Wildman–Crippen LogP) is 2.82. The zero-order valence-electron chi connectivity index (χ0n) is 12.0. The van der Waals surface area contributed by atoms with Crippen molar-refractivity contribution < 1.29 is 14.3 Å². The Bertz CT molecular complexity index is 678. The Hall–Kier alpha value is -1.83. The molecule has 3 rings (SSSR count). The highest BCUT2D eigenvalue weighted by Crippen LogP contribution is 2.35. The Balaban J connectivity index is 1.71. The lowest BCUT2D eigenvalue weighted by atomic mass is 10.1. The number of hydrogen-bond acceptors (Lipinski definition) is 4. The van der Waals surface area contributed by atoms with E-state index in [0.717, 1.165) is 11.3 Å². The standard InChI is InChI=1S/C16H15IN2O3/c1-19(12-2-3-14-15(9-12)22-10-21-14)16(20)13(17)8-11-4-6-18-7-5-11/h2-7,9,13H,8,10H2,1H3/t13-/m0/s1. The second-order valence-electron chi connectivity index (χ2n) is 4.96. The van der Waals surface area contributed by atoms with E-state index >= 15 is 0 Å². The van der Waals surface area contributed by atoms with E-state index < -0.39 is 0 Å². The maximum atomic E-state index is 12.6. The van der Waals surface area contributed by atoms with Crippen molar-refractivity contribution >= 4 is 34.2 Å². The fraction of sp³-hybridized carbons (Fsp3) is 0.250. The average Bonchev–Trinajstić information content (AvgIpc) is 3.02. The van der Waals surface area contributed by atoms with Gasteiger partial charge in [-0.2, -0.15) is 0 Å². The number of halogens is 1. The van der Waals surface area contributed by atoms with Gasteiger partial charge >= 0.3 is 0 Å². The lowest BCUT2D eigenvalue weighted by Crippen LogP contribution is -2.34. The smallest absolute Gasteiger partial charge is 0.240 e. The van der Waals surface area contributed by atoms with Crippen LogP contribution in [0.3, 0.4) is 0 Å². The van der Waals surface area contributed by atoms with Crippen LogP contribution in [-0.4, -0.2) is 28.7 Å². The first kappa shape index (κ1) is 15.1. The Morgan fingerprint density at radius 1 is 1.27 bits per heavy atom. The number of nitrogens with zero attached hydrogens (tertiary/aromatic N) is 2. The SMILES string of the molecule is CN(C(=O)[C@@H](I)Cc1ccncc1)c1ccc2c(c1)OCO2. The number of pyridine rings is 1. The van der Waals surface area contributed by atoms with Crippen molar-refractivity contribution in [3.8, 4) is 11.5 Å². The molecule has 0 N–H and O–H groups in total. The molecule has 0 saturated heterocycles. The highest BCUT2D eigenvalue weighted by molar-refractivity contribution is 14.1. The number of ether oxygens (including phenoxy) is 2. The summed E-state index contributed by atoms with van der Waals surface area (Å²) in [7, 11) is 1.78. The fourth-order valence-electron chi connectivity index (χ4n) is 2.24. The summed E-state index contributed by atoms with van der Waals surface area (Å²) in [5.74, 6) is 1.44. The summed E-state index contributed by atoms with van der Waals surface area (Å²) in [6, 6.07) is 9.38. The number of benzene rings is 1. The molecule has 1 aliphatic rings. The maximum Gasteiger partial charge on any atom is 0.240 e. The van der Waals surface area contributed by atoms with Crippen molar-refractivity contribution in [1.82, 2.24) is 4.98 Å². The number of rotatable bonds is 4. The Morgan fingerprint density at radius 3 is 2.77 bits per heavy atom. The van der Waals surface area contributed by atoms with Gasteiger partial charge in [0.25, 0.3) is 0 Å². The third-order valence-corrected chi connectivity index (χ3v) is 4.48. The minimum Gasteiger partial charge on any atom is -0.454 e. The number of fused-ring (bicyclic) bond motifs is 1. The zero-order valence-corrected chi connectivity index (χ0v) is 14.2. The van der Waals surface area contributed by atoms with Crippen LogP contribution in [0.5, 0.6) is 11.5 Å². The molecule has 0 bridgehead atoms. The van der Waals surface area contributed by atoms with Crippen molar-refractivity contribution in [1.29, 1.82) is 0 Å². The van der Waals surface area contributed by atoms with Gasteiger partial charge in [-0.25, -0.2) is 0 Å². The van der Waals surface area contributed by atoms with Crippen molar-refractivity contribution in [2.45, 2.75) is 10.3 Å². The minimum atomic E-state index is -0.143. The quantitative estimate of drug-likeness (QED) is 0.575. The van der Waals surface area contributed by atoms with Crippen molar-refractivity contribution in [2.24, 2.45) is 0 Å². The Morgan fingerprint density at radius 2 is 2.00 bits per heavy atom. The summed E-state index contributed by atoms with van der Waals surface area (Å²) < 4.78 is 10.5. The van der Waals surface area contributed by atoms with E-state index in [-0.39, 0.29) is 16.6 Å². The largest absolute Gasteiger partial charge is 0.454 e. The summed E-state index contributed by atoms with van der Waals surface area (Å²) >= 11 is 2.18. The van der Waals surface area contributed by atoms with Gasteiger partial charge in [0.05, 0.1) is 3.92 Å². The van der Waals surface area contributed by atoms with E-state index in [4.69, 9.17) is 9.47 Å². The molecule has 0 spiro atoms. The molecule has 22 heavy (non-hydrogen) atoms. The van der Waals surface area contributed by atoms with Gasteiger partial charge in [-0.15, -0.1) is 0 Å². The molecule has 0 unspecified atom stereocenters. The van der Waals surface area contributed by atoms with E-state index in [1.54, 1.807) is 24.3 Å². The van der Waals surface area contributed by atoms with Gasteiger partial charge in [-0.3, -0.25) is 9.78 Å². The number of aromatic nitrogens is 1. The lowest BCUT2D eigenvalue weighted by Gasteiger charge is -2.21. The molecule has 2 heterocycles. The van der Waals surface area contributed by atoms with Crippen LogP contribution in [0, 0.1) is 0 Å². The van der Waals surface area contributed by atoms with Gasteiger partial charge in [0.15, 0.2) is 11.5 Å². The molecule has 1 aromatic heterocycles. The molecule has 0 radical (unpaired) electrons. The first-order valence-electron chi connectivity index (χ1n) is 6.85.